The van der Waals surface area contributed by atoms with Crippen LogP contribution in [0, 0.1) is 20.8 Å². The molecule has 0 fully saturated rings. The number of nitrogens with zero attached hydrogens (tertiary/aromatic N) is 6. The summed E-state index contributed by atoms with van der Waals surface area (Å²) in [6.45, 7) is 7.94. The Morgan fingerprint density at radius 2 is 1.04 bits per heavy atom. The first-order valence-electron chi connectivity index (χ1n) is 31.1. The Balaban J connectivity index is 0.953. The Bertz CT molecular complexity index is 5030. The third-order valence-corrected chi connectivity index (χ3v) is 16.8. The second-order valence-electron chi connectivity index (χ2n) is 23.1. The molecule has 1 aliphatic rings. The van der Waals surface area contributed by atoms with Crippen LogP contribution < -0.4 is 14.5 Å². The van der Waals surface area contributed by atoms with Crippen LogP contribution in [0.2, 0.25) is 0 Å². The van der Waals surface area contributed by atoms with Gasteiger partial charge in [-0.15, -0.1) is 0 Å². The van der Waals surface area contributed by atoms with Gasteiger partial charge in [-0.25, -0.2) is 4.98 Å². The van der Waals surface area contributed by atoms with Gasteiger partial charge in [0.15, 0.2) is 0 Å². The van der Waals surface area contributed by atoms with Crippen molar-refractivity contribution in [1.82, 2.24) is 18.7 Å². The quantitative estimate of drug-likeness (QED) is 0.152. The summed E-state index contributed by atoms with van der Waals surface area (Å²) in [7, 11) is 0. The molecule has 10 aromatic carbocycles. The molecule has 0 aliphatic carbocycles. The molecule has 82 heavy (non-hydrogen) atoms. The van der Waals surface area contributed by atoms with Gasteiger partial charge in [0.2, 0.25) is 0 Å². The third kappa shape index (κ3) is 7.60. The molecule has 4 aromatic heterocycles. The molecule has 0 spiro atoms. The van der Waals surface area contributed by atoms with Crippen molar-refractivity contribution in [2.24, 2.45) is 14.0 Å². The van der Waals surface area contributed by atoms with Crippen LogP contribution in [0.25, 0.3) is 105 Å². The molecule has 0 atom stereocenters. The van der Waals surface area contributed by atoms with Gasteiger partial charge in [-0.05, 0) is 126 Å². The van der Waals surface area contributed by atoms with Gasteiger partial charge in [0, 0.05) is 101 Å². The van der Waals surface area contributed by atoms with Gasteiger partial charge in [0.05, 0.1) is 39.1 Å². The van der Waals surface area contributed by atoms with Crippen LogP contribution in [-0.2, 0) is 19.4 Å². The molecule has 1 aliphatic heterocycles. The summed E-state index contributed by atoms with van der Waals surface area (Å²) in [6.07, 6.45) is 2.01. The third-order valence-electron chi connectivity index (χ3n) is 16.8. The van der Waals surface area contributed by atoms with E-state index in [1.807, 2.05) is 115 Å². The highest BCUT2D eigenvalue weighted by molar-refractivity contribution is 6.33. The largest absolute Gasteiger partial charge is 0.457 e. The molecule has 14 aromatic rings. The Hall–Kier alpha value is -9.85. The van der Waals surface area contributed by atoms with E-state index in [9.17, 15) is 8.22 Å². The van der Waals surface area contributed by atoms with Gasteiger partial charge < -0.3 is 23.7 Å². The number of hydrogen-bond donors (Lipinski definition) is 0. The van der Waals surface area contributed by atoms with Crippen LogP contribution in [0.3, 0.4) is 0 Å². The molecule has 0 saturated carbocycles. The number of para-hydroxylation sites is 5. The Morgan fingerprint density at radius 1 is 0.476 bits per heavy atom. The van der Waals surface area contributed by atoms with E-state index in [4.69, 9.17) is 9.72 Å². The van der Waals surface area contributed by atoms with E-state index >= 15 is 0 Å². The van der Waals surface area contributed by atoms with Crippen molar-refractivity contribution in [3.05, 3.63) is 241 Å². The molecule has 7 heteroatoms. The Morgan fingerprint density at radius 3 is 1.67 bits per heavy atom. The van der Waals surface area contributed by atoms with Crippen molar-refractivity contribution in [3.63, 3.8) is 0 Å². The number of fused-ring (bicyclic) bond motifs is 10. The molecular weight excluding hydrogens is 1000 g/mol. The zero-order valence-electron chi connectivity index (χ0n) is 52.6. The number of anilines is 4. The maximum absolute atomic E-state index is 9.40. The first-order chi connectivity index (χ1) is 42.3. The first kappa shape index (κ1) is 43.0. The fourth-order valence-electron chi connectivity index (χ4n) is 13.5. The summed E-state index contributed by atoms with van der Waals surface area (Å²) in [5.74, 6) is 2.05. The first-order valence-corrected chi connectivity index (χ1v) is 28.1. The van der Waals surface area contributed by atoms with Gasteiger partial charge in [0.25, 0.3) is 0 Å². The maximum atomic E-state index is 9.40. The number of aromatic nitrogens is 4. The average Bonchev–Trinajstić information content (AvgIpc) is 1.53. The van der Waals surface area contributed by atoms with Crippen molar-refractivity contribution in [2.45, 2.75) is 47.0 Å². The van der Waals surface area contributed by atoms with Crippen LogP contribution in [-0.4, -0.2) is 25.4 Å². The fourth-order valence-corrected chi connectivity index (χ4v) is 13.5. The SMILES string of the molecule is [2H]C([2H])([2H])n1c2ccccc2c2c(-c3ccccc3)c3c4ccccc4n(C([2H])([2H])[2H])c3c(N3CN(c4cc(Oc5ccc6c7ccccc7n(-c7cc(C(C)(C)C)c(-c8ccccc8)cn7)c6c5)cc(-c5c(C)cc(C)cc5C)c4)c4ccccc43)c21. The molecule has 7 nitrogen and oxygen atoms in total. The van der Waals surface area contributed by atoms with E-state index in [0.29, 0.717) is 39.3 Å². The van der Waals surface area contributed by atoms with Crippen molar-refractivity contribution in [2.75, 3.05) is 16.5 Å². The summed E-state index contributed by atoms with van der Waals surface area (Å²) < 4.78 is 68.8. The number of hydrogen-bond acceptors (Lipinski definition) is 4. The maximum Gasteiger partial charge on any atom is 0.137 e. The van der Waals surface area contributed by atoms with E-state index in [0.717, 1.165) is 116 Å². The van der Waals surface area contributed by atoms with E-state index in [2.05, 4.69) is 159 Å². The lowest BCUT2D eigenvalue weighted by Gasteiger charge is -2.26. The van der Waals surface area contributed by atoms with E-state index in [-0.39, 0.29) is 12.1 Å². The molecular formula is C75H62N6O. The Labute approximate surface area is 486 Å². The van der Waals surface area contributed by atoms with Gasteiger partial charge >= 0.3 is 0 Å². The number of aryl methyl sites for hydroxylation is 5. The standard InChI is InChI=1S/C75H62N6O/c1-46-37-47(2)68(48(3)38-46)51-39-52(41-54(40-51)82-53-35-36-56-55-27-15-20-32-63(55)81(66(56)42-53)67-43-60(75(4,5)6)59(44-76-67)49-23-11-9-12-24-49)79-45-80(65-34-22-21-33-64(65)79)74-72-70(57-28-16-18-30-61(57)77(72)7)69(50-25-13-10-14-26-50)71-58-29-17-19-31-62(58)78(8)73(71)74/h9-44H,45H2,1-8H3/i7D3,8D3. The van der Waals surface area contributed by atoms with Crippen LogP contribution in [0.15, 0.2) is 219 Å². The van der Waals surface area contributed by atoms with Crippen molar-refractivity contribution >= 4 is 88.2 Å². The van der Waals surface area contributed by atoms with Crippen LogP contribution in [0.4, 0.5) is 22.7 Å². The summed E-state index contributed by atoms with van der Waals surface area (Å²) >= 11 is 0. The monoisotopic (exact) mass is 1070 g/mol. The molecule has 0 radical (unpaired) electrons. The fraction of sp³-hybridized carbons (Fsp3) is 0.133. The zero-order chi connectivity index (χ0) is 60.7. The number of benzene rings is 10. The van der Waals surface area contributed by atoms with Crippen molar-refractivity contribution < 1.29 is 13.0 Å². The molecule has 0 bridgehead atoms. The molecule has 0 unspecified atom stereocenters. The average molecular weight is 1070 g/mol. The van der Waals surface area contributed by atoms with Gasteiger partial charge in [-0.2, -0.15) is 0 Å². The van der Waals surface area contributed by atoms with Crippen LogP contribution >= 0.6 is 0 Å². The molecule has 0 saturated heterocycles. The summed E-state index contributed by atoms with van der Waals surface area (Å²) in [5.41, 5.74) is 17.0. The predicted octanol–water partition coefficient (Wildman–Crippen LogP) is 19.7. The summed E-state index contributed by atoms with van der Waals surface area (Å²) in [4.78, 5) is 9.58. The zero-order valence-corrected chi connectivity index (χ0v) is 46.6. The minimum Gasteiger partial charge on any atom is -0.457 e. The number of pyridine rings is 1. The van der Waals surface area contributed by atoms with Gasteiger partial charge in [-0.1, -0.05) is 166 Å². The van der Waals surface area contributed by atoms with E-state index in [1.54, 1.807) is 0 Å². The lowest BCUT2D eigenvalue weighted by molar-refractivity contribution is 0.483. The minimum atomic E-state index is -2.70. The normalized spacial score (nSPS) is 14.2. The van der Waals surface area contributed by atoms with Crippen molar-refractivity contribution in [3.8, 4) is 50.7 Å². The smallest absolute Gasteiger partial charge is 0.137 e. The molecule has 0 N–H and O–H groups in total. The molecule has 0 amide bonds. The molecule has 15 rings (SSSR count). The predicted molar refractivity (Wildman–Crippen MR) is 344 cm³/mol. The minimum absolute atomic E-state index is 0.173. The number of ether oxygens (including phenoxy) is 1. The second-order valence-corrected chi connectivity index (χ2v) is 23.1. The summed E-state index contributed by atoms with van der Waals surface area (Å²) in [6, 6.07) is 71.6. The molecule has 5 heterocycles. The highest BCUT2D eigenvalue weighted by atomic mass is 16.5. The summed E-state index contributed by atoms with van der Waals surface area (Å²) in [5, 5.41) is 5.10. The van der Waals surface area contributed by atoms with Crippen LogP contribution in [0.1, 0.15) is 51.2 Å². The van der Waals surface area contributed by atoms with Gasteiger partial charge in [-0.3, -0.25) is 4.57 Å². The lowest BCUT2D eigenvalue weighted by atomic mass is 9.82. The van der Waals surface area contributed by atoms with Crippen molar-refractivity contribution in [1.29, 1.82) is 0 Å². The highest BCUT2D eigenvalue weighted by Crippen LogP contribution is 2.55. The topological polar surface area (TPSA) is 43.4 Å². The van der Waals surface area contributed by atoms with Crippen LogP contribution in [0.5, 0.6) is 11.5 Å². The molecule has 398 valence electrons. The lowest BCUT2D eigenvalue weighted by Crippen LogP contribution is -2.25. The van der Waals surface area contributed by atoms with Gasteiger partial charge in [0.1, 0.15) is 24.0 Å². The second kappa shape index (κ2) is 18.6. The van der Waals surface area contributed by atoms with E-state index in [1.165, 1.54) is 14.7 Å². The number of rotatable bonds is 8. The van der Waals surface area contributed by atoms with E-state index < -0.39 is 14.0 Å². The highest BCUT2D eigenvalue weighted by Gasteiger charge is 2.35. The Kier molecular flexibility index (Phi) is 9.76.